The Hall–Kier alpha value is -3.59. The van der Waals surface area contributed by atoms with E-state index in [0.717, 1.165) is 24.0 Å². The Morgan fingerprint density at radius 3 is 2.18 bits per heavy atom. The van der Waals surface area contributed by atoms with E-state index in [2.05, 4.69) is 5.32 Å². The Labute approximate surface area is 224 Å². The monoisotopic (exact) mass is 526 g/mol. The van der Waals surface area contributed by atoms with Crippen LogP contribution in [0.15, 0.2) is 60.7 Å². The first kappa shape index (κ1) is 29.0. The average molecular weight is 527 g/mol. The Bertz CT molecular complexity index is 1050. The zero-order valence-corrected chi connectivity index (χ0v) is 22.5. The molecule has 0 radical (unpaired) electrons. The molecule has 2 aromatic carbocycles. The highest BCUT2D eigenvalue weighted by Crippen LogP contribution is 2.32. The van der Waals surface area contributed by atoms with E-state index < -0.39 is 42.0 Å². The molecular formula is C29H38N2O7. The van der Waals surface area contributed by atoms with Crippen LogP contribution in [0.1, 0.15) is 57.8 Å². The summed E-state index contributed by atoms with van der Waals surface area (Å²) >= 11 is 0. The van der Waals surface area contributed by atoms with E-state index in [0.29, 0.717) is 12.5 Å². The molecule has 0 spiro atoms. The molecule has 2 N–H and O–H groups in total. The fourth-order valence-corrected chi connectivity index (χ4v) is 3.87. The van der Waals surface area contributed by atoms with Crippen LogP contribution in [0.4, 0.5) is 9.59 Å². The van der Waals surface area contributed by atoms with Crippen LogP contribution in [0.3, 0.4) is 0 Å². The van der Waals surface area contributed by atoms with Gasteiger partial charge in [-0.1, -0.05) is 60.7 Å². The molecule has 0 saturated heterocycles. The van der Waals surface area contributed by atoms with Crippen LogP contribution in [0.5, 0.6) is 0 Å². The number of nitrogens with zero attached hydrogens (tertiary/aromatic N) is 1. The minimum atomic E-state index is -1.37. The van der Waals surface area contributed by atoms with Crippen LogP contribution in [-0.4, -0.2) is 59.0 Å². The van der Waals surface area contributed by atoms with Gasteiger partial charge in [0.25, 0.3) is 0 Å². The zero-order valence-electron chi connectivity index (χ0n) is 22.5. The van der Waals surface area contributed by atoms with Gasteiger partial charge in [0.05, 0.1) is 12.6 Å². The molecule has 3 rings (SSSR count). The molecule has 0 bridgehead atoms. The van der Waals surface area contributed by atoms with Gasteiger partial charge < -0.3 is 29.5 Å². The number of nitrogens with one attached hydrogen (secondary N) is 1. The summed E-state index contributed by atoms with van der Waals surface area (Å²) in [7, 11) is 0. The summed E-state index contributed by atoms with van der Waals surface area (Å²) in [5.74, 6) is -0.855. The van der Waals surface area contributed by atoms with Crippen molar-refractivity contribution in [3.63, 3.8) is 0 Å². The summed E-state index contributed by atoms with van der Waals surface area (Å²) in [6.07, 6.45) is -0.813. The van der Waals surface area contributed by atoms with Gasteiger partial charge in [-0.2, -0.15) is 0 Å². The summed E-state index contributed by atoms with van der Waals surface area (Å²) in [5, 5.41) is 12.3. The Morgan fingerprint density at radius 1 is 1.03 bits per heavy atom. The number of carboxylic acid groups (broad SMARTS) is 1. The van der Waals surface area contributed by atoms with Crippen LogP contribution in [0.2, 0.25) is 0 Å². The van der Waals surface area contributed by atoms with Gasteiger partial charge in [-0.3, -0.25) is 0 Å². The van der Waals surface area contributed by atoms with Gasteiger partial charge >= 0.3 is 18.2 Å². The molecule has 1 aliphatic carbocycles. The summed E-state index contributed by atoms with van der Waals surface area (Å²) < 4.78 is 17.1. The molecule has 1 aliphatic rings. The molecule has 38 heavy (non-hydrogen) atoms. The SMILES string of the molecule is CC(O[C@H](CN(CC1CC1)C(=O)OC(C)(C)C)c1ccccc1)[C@@H](NC(=O)OCc1ccccc1)C(=O)O. The highest BCUT2D eigenvalue weighted by Gasteiger charge is 2.34. The lowest BCUT2D eigenvalue weighted by Gasteiger charge is -2.33. The number of alkyl carbamates (subject to hydrolysis) is 1. The molecule has 1 saturated carbocycles. The first-order valence-electron chi connectivity index (χ1n) is 12.9. The van der Waals surface area contributed by atoms with E-state index in [1.165, 1.54) is 0 Å². The van der Waals surface area contributed by atoms with Crippen molar-refractivity contribution < 1.29 is 33.7 Å². The number of benzene rings is 2. The highest BCUT2D eigenvalue weighted by molar-refractivity contribution is 5.80. The lowest BCUT2D eigenvalue weighted by molar-refractivity contribution is -0.145. The van der Waals surface area contributed by atoms with Gasteiger partial charge in [-0.05, 0) is 57.6 Å². The topological polar surface area (TPSA) is 114 Å². The van der Waals surface area contributed by atoms with Crippen LogP contribution in [0, 0.1) is 5.92 Å². The van der Waals surface area contributed by atoms with Crippen LogP contribution in [-0.2, 0) is 25.6 Å². The smallest absolute Gasteiger partial charge is 0.410 e. The van der Waals surface area contributed by atoms with Crippen LogP contribution >= 0.6 is 0 Å². The van der Waals surface area contributed by atoms with E-state index in [1.54, 1.807) is 24.0 Å². The Kier molecular flexibility index (Phi) is 10.1. The maximum Gasteiger partial charge on any atom is 0.410 e. The summed E-state index contributed by atoms with van der Waals surface area (Å²) in [6.45, 7) is 7.72. The van der Waals surface area contributed by atoms with Crippen LogP contribution < -0.4 is 5.32 Å². The normalized spacial score (nSPS) is 15.6. The molecule has 0 aromatic heterocycles. The van der Waals surface area contributed by atoms with Crippen LogP contribution in [0.25, 0.3) is 0 Å². The largest absolute Gasteiger partial charge is 0.480 e. The second-order valence-corrected chi connectivity index (χ2v) is 10.6. The maximum absolute atomic E-state index is 13.0. The molecule has 9 nitrogen and oxygen atoms in total. The number of ether oxygens (including phenoxy) is 3. The van der Waals surface area contributed by atoms with Crippen molar-refractivity contribution in [1.29, 1.82) is 0 Å². The number of hydrogen-bond acceptors (Lipinski definition) is 6. The zero-order chi connectivity index (χ0) is 27.7. The Balaban J connectivity index is 1.71. The lowest BCUT2D eigenvalue weighted by Crippen LogP contribution is -2.50. The molecule has 0 heterocycles. The number of rotatable bonds is 12. The summed E-state index contributed by atoms with van der Waals surface area (Å²) in [5.41, 5.74) is 0.897. The number of aliphatic carboxylic acids is 1. The summed E-state index contributed by atoms with van der Waals surface area (Å²) in [4.78, 5) is 39.1. The Morgan fingerprint density at radius 2 is 1.63 bits per heavy atom. The maximum atomic E-state index is 13.0. The molecule has 206 valence electrons. The molecule has 1 fully saturated rings. The van der Waals surface area contributed by atoms with Gasteiger partial charge in [0.15, 0.2) is 6.04 Å². The van der Waals surface area contributed by atoms with Crippen molar-refractivity contribution in [2.75, 3.05) is 13.1 Å². The minimum Gasteiger partial charge on any atom is -0.480 e. The van der Waals surface area contributed by atoms with Gasteiger partial charge in [0.1, 0.15) is 18.3 Å². The van der Waals surface area contributed by atoms with Crippen molar-refractivity contribution in [2.24, 2.45) is 5.92 Å². The lowest BCUT2D eigenvalue weighted by atomic mass is 10.1. The number of hydrogen-bond donors (Lipinski definition) is 2. The van der Waals surface area contributed by atoms with Gasteiger partial charge in [0.2, 0.25) is 0 Å². The molecular weight excluding hydrogens is 488 g/mol. The highest BCUT2D eigenvalue weighted by atomic mass is 16.6. The molecule has 3 atom stereocenters. The molecule has 1 unspecified atom stereocenters. The molecule has 2 aromatic rings. The number of carbonyl (C=O) groups excluding carboxylic acids is 2. The first-order chi connectivity index (χ1) is 18.0. The van der Waals surface area contributed by atoms with Gasteiger partial charge in [-0.15, -0.1) is 0 Å². The van der Waals surface area contributed by atoms with Crippen molar-refractivity contribution in [1.82, 2.24) is 10.2 Å². The third-order valence-electron chi connectivity index (χ3n) is 5.99. The predicted molar refractivity (Wildman–Crippen MR) is 141 cm³/mol. The fraction of sp³-hybridized carbons (Fsp3) is 0.483. The first-order valence-corrected chi connectivity index (χ1v) is 12.9. The van der Waals surface area contributed by atoms with E-state index in [1.807, 2.05) is 69.3 Å². The van der Waals surface area contributed by atoms with E-state index in [9.17, 15) is 19.5 Å². The molecule has 0 aliphatic heterocycles. The van der Waals surface area contributed by atoms with E-state index in [-0.39, 0.29) is 13.2 Å². The van der Waals surface area contributed by atoms with Crippen molar-refractivity contribution in [3.05, 3.63) is 71.8 Å². The van der Waals surface area contributed by atoms with Gasteiger partial charge in [-0.25, -0.2) is 14.4 Å². The third-order valence-corrected chi connectivity index (χ3v) is 5.99. The number of carbonyl (C=O) groups is 3. The van der Waals surface area contributed by atoms with Crippen molar-refractivity contribution in [2.45, 2.75) is 71.0 Å². The van der Waals surface area contributed by atoms with E-state index >= 15 is 0 Å². The third kappa shape index (κ3) is 9.70. The minimum absolute atomic E-state index is 0.00685. The van der Waals surface area contributed by atoms with Crippen molar-refractivity contribution >= 4 is 18.2 Å². The summed E-state index contributed by atoms with van der Waals surface area (Å²) in [6, 6.07) is 17.0. The predicted octanol–water partition coefficient (Wildman–Crippen LogP) is 5.16. The standard InChI is InChI=1S/C29H38N2O7/c1-20(25(26(32)33)30-27(34)36-19-22-11-7-5-8-12-22)37-24(23-13-9-6-10-14-23)18-31(17-21-15-16-21)28(35)38-29(2,3)4/h5-14,20-21,24-25H,15-19H2,1-4H3,(H,30,34)(H,32,33)/t20?,24-,25-/m1/s1. The van der Waals surface area contributed by atoms with E-state index in [4.69, 9.17) is 14.2 Å². The quantitative estimate of drug-likeness (QED) is 0.393. The number of carboxylic acids is 1. The van der Waals surface area contributed by atoms with Gasteiger partial charge in [0, 0.05) is 6.54 Å². The molecule has 2 amide bonds. The fourth-order valence-electron chi connectivity index (χ4n) is 3.87. The average Bonchev–Trinajstić information content (AvgIpc) is 3.69. The second kappa shape index (κ2) is 13.3. The van der Waals surface area contributed by atoms with Crippen molar-refractivity contribution in [3.8, 4) is 0 Å². The number of amides is 2. The molecule has 9 heteroatoms. The second-order valence-electron chi connectivity index (χ2n) is 10.6.